The van der Waals surface area contributed by atoms with Gasteiger partial charge in [-0.2, -0.15) is 13.2 Å². The minimum Gasteiger partial charge on any atom is -0.388 e. The van der Waals surface area contributed by atoms with Crippen LogP contribution in [0.4, 0.5) is 13.2 Å². The lowest BCUT2D eigenvalue weighted by Crippen LogP contribution is -2.39. The van der Waals surface area contributed by atoms with Crippen LogP contribution in [0.1, 0.15) is 26.7 Å². The van der Waals surface area contributed by atoms with Crippen molar-refractivity contribution in [3.05, 3.63) is 0 Å². The van der Waals surface area contributed by atoms with Crippen LogP contribution < -0.4 is 5.73 Å². The maximum absolute atomic E-state index is 12.1. The summed E-state index contributed by atoms with van der Waals surface area (Å²) in [6.45, 7) is 2.86. The third-order valence-corrected chi connectivity index (χ3v) is 2.00. The molecule has 0 radical (unpaired) electrons. The van der Waals surface area contributed by atoms with E-state index in [1.165, 1.54) is 4.90 Å². The lowest BCUT2D eigenvalue weighted by molar-refractivity contribution is -0.149. The van der Waals surface area contributed by atoms with Crippen molar-refractivity contribution < 1.29 is 13.2 Å². The van der Waals surface area contributed by atoms with E-state index in [1.807, 2.05) is 0 Å². The van der Waals surface area contributed by atoms with E-state index in [1.54, 1.807) is 13.8 Å². The Morgan fingerprint density at radius 1 is 1.40 bits per heavy atom. The monoisotopic (exact) mass is 225 g/mol. The van der Waals surface area contributed by atoms with Gasteiger partial charge >= 0.3 is 6.18 Å². The first-order valence-corrected chi connectivity index (χ1v) is 4.86. The maximum Gasteiger partial charge on any atom is 0.401 e. The number of rotatable bonds is 6. The molecule has 0 aliphatic rings. The molecule has 0 heterocycles. The fraction of sp³-hybridized carbons (Fsp3) is 0.889. The molecule has 0 bridgehead atoms. The highest BCUT2D eigenvalue weighted by Crippen LogP contribution is 2.18. The fourth-order valence-electron chi connectivity index (χ4n) is 1.22. The van der Waals surface area contributed by atoms with Crippen LogP contribution in [0.3, 0.4) is 0 Å². The van der Waals surface area contributed by atoms with Crippen LogP contribution in [0.2, 0.25) is 0 Å². The molecule has 0 atom stereocenters. The van der Waals surface area contributed by atoms with Gasteiger partial charge in [0.2, 0.25) is 0 Å². The number of hydrogen-bond acceptors (Lipinski definition) is 2. The molecule has 0 saturated carbocycles. The Bertz CT molecular complexity index is 201. The van der Waals surface area contributed by atoms with Crippen molar-refractivity contribution in [3.8, 4) is 0 Å². The largest absolute Gasteiger partial charge is 0.401 e. The molecule has 0 aromatic carbocycles. The van der Waals surface area contributed by atoms with Crippen LogP contribution in [0, 0.1) is 5.41 Å². The van der Waals surface area contributed by atoms with E-state index in [9.17, 15) is 13.2 Å². The normalized spacial score (nSPS) is 12.5. The van der Waals surface area contributed by atoms with Gasteiger partial charge in [-0.25, -0.2) is 0 Å². The Hall–Kier alpha value is -0.780. The highest BCUT2D eigenvalue weighted by molar-refractivity contribution is 5.76. The number of nitrogens with one attached hydrogen (secondary N) is 1. The van der Waals surface area contributed by atoms with Crippen molar-refractivity contribution in [2.75, 3.05) is 13.1 Å². The van der Waals surface area contributed by atoms with Crippen LogP contribution in [-0.2, 0) is 0 Å². The predicted molar refractivity (Wildman–Crippen MR) is 53.9 cm³/mol. The summed E-state index contributed by atoms with van der Waals surface area (Å²) in [4.78, 5) is 1.34. The van der Waals surface area contributed by atoms with Gasteiger partial charge in [-0.15, -0.1) is 0 Å². The van der Waals surface area contributed by atoms with E-state index in [0.717, 1.165) is 0 Å². The third kappa shape index (κ3) is 8.23. The molecule has 0 aromatic rings. The number of alkyl halides is 3. The Balaban J connectivity index is 4.00. The zero-order valence-corrected chi connectivity index (χ0v) is 9.06. The molecule has 0 aliphatic carbocycles. The summed E-state index contributed by atoms with van der Waals surface area (Å²) in [5, 5.41) is 6.96. The standard InChI is InChI=1S/C9H18F3N3/c1-7(2)15(6-9(10,11)12)5-3-4-8(13)14/h7H,3-6H2,1-2H3,(H3,13,14). The van der Waals surface area contributed by atoms with E-state index in [4.69, 9.17) is 11.1 Å². The molecule has 0 fully saturated rings. The van der Waals surface area contributed by atoms with Crippen LogP contribution in [0.25, 0.3) is 0 Å². The Morgan fingerprint density at radius 3 is 2.27 bits per heavy atom. The van der Waals surface area contributed by atoms with Crippen LogP contribution in [0.5, 0.6) is 0 Å². The average molecular weight is 225 g/mol. The minimum atomic E-state index is -4.17. The number of amidine groups is 1. The van der Waals surface area contributed by atoms with Crippen LogP contribution in [-0.4, -0.2) is 36.0 Å². The quantitative estimate of drug-likeness (QED) is 0.536. The molecule has 0 rings (SSSR count). The summed E-state index contributed by atoms with van der Waals surface area (Å²) < 4.78 is 36.4. The highest BCUT2D eigenvalue weighted by Gasteiger charge is 2.31. The zero-order valence-electron chi connectivity index (χ0n) is 9.06. The van der Waals surface area contributed by atoms with Gasteiger partial charge < -0.3 is 5.73 Å². The second-order valence-corrected chi connectivity index (χ2v) is 3.81. The summed E-state index contributed by atoms with van der Waals surface area (Å²) in [5.74, 6) is 0.0192. The smallest absolute Gasteiger partial charge is 0.388 e. The molecule has 0 spiro atoms. The van der Waals surface area contributed by atoms with Gasteiger partial charge in [-0.3, -0.25) is 10.3 Å². The summed E-state index contributed by atoms with van der Waals surface area (Å²) in [5.41, 5.74) is 5.12. The summed E-state index contributed by atoms with van der Waals surface area (Å²) in [6, 6.07) is -0.154. The first-order chi connectivity index (χ1) is 6.72. The summed E-state index contributed by atoms with van der Waals surface area (Å²) in [6.07, 6.45) is -3.33. The fourth-order valence-corrected chi connectivity index (χ4v) is 1.22. The van der Waals surface area contributed by atoms with Crippen molar-refractivity contribution in [1.29, 1.82) is 5.41 Å². The molecule has 3 N–H and O–H groups in total. The van der Waals surface area contributed by atoms with Crippen molar-refractivity contribution in [3.63, 3.8) is 0 Å². The Morgan fingerprint density at radius 2 is 1.93 bits per heavy atom. The Kier molecular flexibility index (Phi) is 5.64. The second-order valence-electron chi connectivity index (χ2n) is 3.81. The SMILES string of the molecule is CC(C)N(CCCC(=N)N)CC(F)(F)F. The molecule has 0 amide bonds. The lowest BCUT2D eigenvalue weighted by Gasteiger charge is -2.27. The number of nitrogens with two attached hydrogens (primary N) is 1. The molecule has 0 saturated heterocycles. The van der Waals surface area contributed by atoms with Crippen molar-refractivity contribution in [2.45, 2.75) is 38.9 Å². The van der Waals surface area contributed by atoms with Crippen molar-refractivity contribution in [1.82, 2.24) is 4.90 Å². The predicted octanol–water partition coefficient (Wildman–Crippen LogP) is 1.98. The second kappa shape index (κ2) is 5.95. The van der Waals surface area contributed by atoms with Gasteiger partial charge in [0, 0.05) is 12.5 Å². The number of halogens is 3. The topological polar surface area (TPSA) is 53.1 Å². The van der Waals surface area contributed by atoms with Gasteiger partial charge in [-0.05, 0) is 26.8 Å². The molecular weight excluding hydrogens is 207 g/mol. The zero-order chi connectivity index (χ0) is 12.1. The van der Waals surface area contributed by atoms with Gasteiger partial charge in [-0.1, -0.05) is 0 Å². The van der Waals surface area contributed by atoms with E-state index in [-0.39, 0.29) is 11.9 Å². The lowest BCUT2D eigenvalue weighted by atomic mass is 10.2. The molecule has 90 valence electrons. The van der Waals surface area contributed by atoms with Crippen molar-refractivity contribution >= 4 is 5.84 Å². The molecule has 0 aliphatic heterocycles. The minimum absolute atomic E-state index is 0.0192. The number of nitrogens with zero attached hydrogens (tertiary/aromatic N) is 1. The molecule has 15 heavy (non-hydrogen) atoms. The first kappa shape index (κ1) is 14.2. The Labute approximate surface area is 87.9 Å². The molecule has 0 unspecified atom stereocenters. The average Bonchev–Trinajstić information content (AvgIpc) is 1.99. The van der Waals surface area contributed by atoms with E-state index in [0.29, 0.717) is 19.4 Å². The summed E-state index contributed by atoms with van der Waals surface area (Å²) in [7, 11) is 0. The molecule has 6 heteroatoms. The molecule has 0 aromatic heterocycles. The van der Waals surface area contributed by atoms with Gasteiger partial charge in [0.25, 0.3) is 0 Å². The molecule has 3 nitrogen and oxygen atoms in total. The highest BCUT2D eigenvalue weighted by atomic mass is 19.4. The molecular formula is C9H18F3N3. The van der Waals surface area contributed by atoms with Gasteiger partial charge in [0.1, 0.15) is 0 Å². The summed E-state index contributed by atoms with van der Waals surface area (Å²) >= 11 is 0. The number of hydrogen-bond donors (Lipinski definition) is 2. The van der Waals surface area contributed by atoms with E-state index < -0.39 is 12.7 Å². The third-order valence-electron chi connectivity index (χ3n) is 2.00. The van der Waals surface area contributed by atoms with Crippen LogP contribution in [0.15, 0.2) is 0 Å². The van der Waals surface area contributed by atoms with E-state index in [2.05, 4.69) is 0 Å². The maximum atomic E-state index is 12.1. The van der Waals surface area contributed by atoms with Crippen molar-refractivity contribution in [2.24, 2.45) is 5.73 Å². The van der Waals surface area contributed by atoms with Gasteiger partial charge in [0.05, 0.1) is 12.4 Å². The first-order valence-electron chi connectivity index (χ1n) is 4.86. The van der Waals surface area contributed by atoms with Crippen LogP contribution >= 0.6 is 0 Å². The van der Waals surface area contributed by atoms with Gasteiger partial charge in [0.15, 0.2) is 0 Å². The van der Waals surface area contributed by atoms with E-state index >= 15 is 0 Å².